The third kappa shape index (κ3) is 2.55. The number of halogens is 3. The Labute approximate surface area is 81.6 Å². The predicted molar refractivity (Wildman–Crippen MR) is 42.4 cm³/mol. The van der Waals surface area contributed by atoms with E-state index in [2.05, 4.69) is 9.72 Å². The zero-order chi connectivity index (χ0) is 11.6. The molecule has 15 heavy (non-hydrogen) atoms. The molecule has 0 atom stereocenters. The number of pyridine rings is 1. The van der Waals surface area contributed by atoms with Crippen LogP contribution < -0.4 is 4.74 Å². The van der Waals surface area contributed by atoms with Gasteiger partial charge < -0.3 is 14.9 Å². The highest BCUT2D eigenvalue weighted by Gasteiger charge is 2.34. The van der Waals surface area contributed by atoms with Crippen LogP contribution in [-0.2, 0) is 6.18 Å². The van der Waals surface area contributed by atoms with Crippen molar-refractivity contribution in [1.82, 2.24) is 4.98 Å². The van der Waals surface area contributed by atoms with Crippen LogP contribution in [0.3, 0.4) is 0 Å². The number of rotatable bonds is 2. The molecular weight excluding hydrogens is 217 g/mol. The molecule has 1 aromatic rings. The molecule has 0 aliphatic rings. The molecule has 0 saturated heterocycles. The maximum absolute atomic E-state index is 12.2. The van der Waals surface area contributed by atoms with E-state index < -0.39 is 28.4 Å². The zero-order valence-electron chi connectivity index (χ0n) is 7.41. The second kappa shape index (κ2) is 3.71. The maximum atomic E-state index is 12.2. The molecule has 0 saturated carbocycles. The van der Waals surface area contributed by atoms with Crippen LogP contribution in [0.4, 0.5) is 19.0 Å². The van der Waals surface area contributed by atoms with Crippen LogP contribution in [0.15, 0.2) is 12.1 Å². The Morgan fingerprint density at radius 1 is 1.47 bits per heavy atom. The minimum Gasteiger partial charge on any atom is -0.463 e. The van der Waals surface area contributed by atoms with Crippen LogP contribution in [-0.4, -0.2) is 17.0 Å². The molecule has 8 heteroatoms. The van der Waals surface area contributed by atoms with Crippen molar-refractivity contribution in [1.29, 1.82) is 0 Å². The summed E-state index contributed by atoms with van der Waals surface area (Å²) in [4.78, 5) is 12.5. The van der Waals surface area contributed by atoms with Gasteiger partial charge in [0.15, 0.2) is 0 Å². The lowest BCUT2D eigenvalue weighted by molar-refractivity contribution is -0.389. The second-order valence-corrected chi connectivity index (χ2v) is 2.51. The zero-order valence-corrected chi connectivity index (χ0v) is 7.41. The molecule has 0 aliphatic carbocycles. The molecule has 0 unspecified atom stereocenters. The van der Waals surface area contributed by atoms with E-state index in [4.69, 9.17) is 0 Å². The minimum absolute atomic E-state index is 0.350. The Balaban J connectivity index is 3.30. The second-order valence-electron chi connectivity index (χ2n) is 2.51. The first-order valence-electron chi connectivity index (χ1n) is 3.62. The minimum atomic E-state index is -4.67. The standard InChI is InChI=1S/C7H5F3N2O3/c1-15-6-3-4(7(8,9)10)2-5(11-6)12(13)14/h2-3H,1H3. The molecule has 82 valence electrons. The van der Waals surface area contributed by atoms with Crippen LogP contribution >= 0.6 is 0 Å². The van der Waals surface area contributed by atoms with Gasteiger partial charge in [-0.3, -0.25) is 0 Å². The van der Waals surface area contributed by atoms with Crippen LogP contribution in [0.25, 0.3) is 0 Å². The first-order chi connectivity index (χ1) is 6.84. The largest absolute Gasteiger partial charge is 0.463 e. The van der Waals surface area contributed by atoms with Crippen molar-refractivity contribution < 1.29 is 22.8 Å². The summed E-state index contributed by atoms with van der Waals surface area (Å²) in [6.45, 7) is 0. The van der Waals surface area contributed by atoms with Gasteiger partial charge in [0.2, 0.25) is 0 Å². The highest BCUT2D eigenvalue weighted by Crippen LogP contribution is 2.32. The van der Waals surface area contributed by atoms with Crippen LogP contribution in [0.2, 0.25) is 0 Å². The molecule has 0 N–H and O–H groups in total. The van der Waals surface area contributed by atoms with E-state index in [1.807, 2.05) is 0 Å². The third-order valence-electron chi connectivity index (χ3n) is 1.51. The number of nitro groups is 1. The maximum Gasteiger partial charge on any atom is 0.417 e. The van der Waals surface area contributed by atoms with Crippen molar-refractivity contribution in [3.05, 3.63) is 27.8 Å². The van der Waals surface area contributed by atoms with Gasteiger partial charge in [-0.05, 0) is 4.92 Å². The van der Waals surface area contributed by atoms with Gasteiger partial charge >= 0.3 is 17.9 Å². The number of hydrogen-bond donors (Lipinski definition) is 0. The van der Waals surface area contributed by atoms with Crippen molar-refractivity contribution >= 4 is 5.82 Å². The highest BCUT2D eigenvalue weighted by atomic mass is 19.4. The van der Waals surface area contributed by atoms with E-state index in [1.54, 1.807) is 0 Å². The molecule has 1 heterocycles. The average Bonchev–Trinajstić information content (AvgIpc) is 2.15. The van der Waals surface area contributed by atoms with E-state index in [-0.39, 0.29) is 0 Å². The Morgan fingerprint density at radius 3 is 2.47 bits per heavy atom. The SMILES string of the molecule is COc1cc(C(F)(F)F)cc([N+](=O)[O-])n1. The number of hydrogen-bond acceptors (Lipinski definition) is 4. The van der Waals surface area contributed by atoms with E-state index in [0.717, 1.165) is 7.11 Å². The fourth-order valence-corrected chi connectivity index (χ4v) is 0.853. The van der Waals surface area contributed by atoms with E-state index in [1.165, 1.54) is 0 Å². The Kier molecular flexibility index (Phi) is 2.78. The molecule has 1 aromatic heterocycles. The van der Waals surface area contributed by atoms with E-state index >= 15 is 0 Å². The van der Waals surface area contributed by atoms with Crippen LogP contribution in [0, 0.1) is 10.1 Å². The number of alkyl halides is 3. The van der Waals surface area contributed by atoms with Gasteiger partial charge in [0.25, 0.3) is 0 Å². The number of nitrogens with zero attached hydrogens (tertiary/aromatic N) is 2. The lowest BCUT2D eigenvalue weighted by atomic mass is 10.2. The fourth-order valence-electron chi connectivity index (χ4n) is 0.853. The molecule has 0 bridgehead atoms. The van der Waals surface area contributed by atoms with Crippen molar-refractivity contribution in [2.75, 3.05) is 7.11 Å². The van der Waals surface area contributed by atoms with Crippen LogP contribution in [0.1, 0.15) is 5.56 Å². The van der Waals surface area contributed by atoms with E-state index in [0.29, 0.717) is 12.1 Å². The molecular formula is C7H5F3N2O3. The normalized spacial score (nSPS) is 11.2. The Hall–Kier alpha value is -1.86. The fraction of sp³-hybridized carbons (Fsp3) is 0.286. The first kappa shape index (κ1) is 11.2. The smallest absolute Gasteiger partial charge is 0.417 e. The summed E-state index contributed by atoms with van der Waals surface area (Å²) in [5, 5.41) is 10.3. The number of aromatic nitrogens is 1. The summed E-state index contributed by atoms with van der Waals surface area (Å²) >= 11 is 0. The summed E-state index contributed by atoms with van der Waals surface area (Å²) in [7, 11) is 1.08. The predicted octanol–water partition coefficient (Wildman–Crippen LogP) is 2.02. The quantitative estimate of drug-likeness (QED) is 0.567. The van der Waals surface area contributed by atoms with Gasteiger partial charge in [0.05, 0.1) is 12.7 Å². The number of methoxy groups -OCH3 is 1. The van der Waals surface area contributed by atoms with Gasteiger partial charge in [-0.2, -0.15) is 13.2 Å². The monoisotopic (exact) mass is 222 g/mol. The molecule has 0 aliphatic heterocycles. The van der Waals surface area contributed by atoms with Crippen LogP contribution in [0.5, 0.6) is 5.88 Å². The summed E-state index contributed by atoms with van der Waals surface area (Å²) < 4.78 is 41.2. The molecule has 0 radical (unpaired) electrons. The molecule has 5 nitrogen and oxygen atoms in total. The molecule has 0 fully saturated rings. The first-order valence-corrected chi connectivity index (χ1v) is 3.62. The Bertz CT molecular complexity index is 392. The summed E-state index contributed by atoms with van der Waals surface area (Å²) in [6, 6.07) is 0.940. The summed E-state index contributed by atoms with van der Waals surface area (Å²) in [5.41, 5.74) is -1.17. The lowest BCUT2D eigenvalue weighted by Gasteiger charge is -2.05. The van der Waals surface area contributed by atoms with Gasteiger partial charge in [0.1, 0.15) is 0 Å². The van der Waals surface area contributed by atoms with Gasteiger partial charge in [-0.1, -0.05) is 0 Å². The van der Waals surface area contributed by atoms with Gasteiger partial charge in [-0.15, -0.1) is 0 Å². The molecule has 0 spiro atoms. The van der Waals surface area contributed by atoms with Crippen molar-refractivity contribution in [3.8, 4) is 5.88 Å². The molecule has 0 amide bonds. The third-order valence-corrected chi connectivity index (χ3v) is 1.51. The van der Waals surface area contributed by atoms with Crippen molar-refractivity contribution in [3.63, 3.8) is 0 Å². The Morgan fingerprint density at radius 2 is 2.07 bits per heavy atom. The topological polar surface area (TPSA) is 65.3 Å². The average molecular weight is 222 g/mol. The van der Waals surface area contributed by atoms with Crippen molar-refractivity contribution in [2.24, 2.45) is 0 Å². The van der Waals surface area contributed by atoms with Crippen molar-refractivity contribution in [2.45, 2.75) is 6.18 Å². The summed E-state index contributed by atoms with van der Waals surface area (Å²) in [6.07, 6.45) is -4.67. The lowest BCUT2D eigenvalue weighted by Crippen LogP contribution is -2.07. The number of ether oxygens (including phenoxy) is 1. The van der Waals surface area contributed by atoms with Gasteiger partial charge in [0, 0.05) is 17.1 Å². The summed E-state index contributed by atoms with van der Waals surface area (Å²) in [5.74, 6) is -1.35. The molecule has 1 rings (SSSR count). The van der Waals surface area contributed by atoms with E-state index in [9.17, 15) is 23.3 Å². The van der Waals surface area contributed by atoms with Gasteiger partial charge in [-0.25, -0.2) is 0 Å². The highest BCUT2D eigenvalue weighted by molar-refractivity contribution is 5.33. The molecule has 0 aromatic carbocycles.